The van der Waals surface area contributed by atoms with Crippen molar-refractivity contribution in [2.75, 3.05) is 13.1 Å². The number of hydrogen-bond acceptors (Lipinski definition) is 4. The van der Waals surface area contributed by atoms with Crippen molar-refractivity contribution < 1.29 is 0 Å². The van der Waals surface area contributed by atoms with E-state index in [1.54, 1.807) is 0 Å². The topological polar surface area (TPSA) is 42.2 Å². The normalized spacial score (nSPS) is 23.2. The van der Waals surface area contributed by atoms with Gasteiger partial charge in [-0.05, 0) is 20.3 Å². The van der Waals surface area contributed by atoms with E-state index in [0.717, 1.165) is 26.1 Å². The molecular weight excluding hydrogens is 194 g/mol. The van der Waals surface area contributed by atoms with Gasteiger partial charge in [-0.3, -0.25) is 4.90 Å². The Labute approximate surface area is 88.9 Å². The molecule has 1 aliphatic heterocycles. The summed E-state index contributed by atoms with van der Waals surface area (Å²) in [4.78, 5) is 8.25. The minimum Gasteiger partial charge on any atom is -0.326 e. The monoisotopic (exact) mass is 211 g/mol. The molecule has 0 bridgehead atoms. The molecule has 1 fully saturated rings. The molecule has 4 heteroatoms. The number of hydrogen-bond donors (Lipinski definition) is 1. The third kappa shape index (κ3) is 2.13. The maximum atomic E-state index is 5.87. The Morgan fingerprint density at radius 1 is 1.57 bits per heavy atom. The molecule has 3 nitrogen and oxygen atoms in total. The van der Waals surface area contributed by atoms with Crippen LogP contribution in [-0.4, -0.2) is 29.0 Å². The SMILES string of the molecule is Cc1nc(C)c(CN2CC[C@H](N)C2)s1. The maximum Gasteiger partial charge on any atom is 0.0900 e. The predicted octanol–water partition coefficient (Wildman–Crippen LogP) is 1.29. The number of rotatable bonds is 2. The maximum absolute atomic E-state index is 5.87. The fraction of sp³-hybridized carbons (Fsp3) is 0.700. The van der Waals surface area contributed by atoms with E-state index in [4.69, 9.17) is 5.73 Å². The lowest BCUT2D eigenvalue weighted by atomic mass is 10.3. The first-order valence-corrected chi connectivity index (χ1v) is 5.87. The van der Waals surface area contributed by atoms with Crippen molar-refractivity contribution in [3.63, 3.8) is 0 Å². The molecule has 78 valence electrons. The van der Waals surface area contributed by atoms with Gasteiger partial charge in [0.15, 0.2) is 0 Å². The molecule has 0 unspecified atom stereocenters. The fourth-order valence-electron chi connectivity index (χ4n) is 1.93. The van der Waals surface area contributed by atoms with E-state index in [-0.39, 0.29) is 0 Å². The molecule has 1 saturated heterocycles. The lowest BCUT2D eigenvalue weighted by Gasteiger charge is -2.13. The van der Waals surface area contributed by atoms with E-state index < -0.39 is 0 Å². The number of nitrogens with two attached hydrogens (primary N) is 1. The minimum atomic E-state index is 0.379. The van der Waals surface area contributed by atoms with Crippen molar-refractivity contribution in [2.45, 2.75) is 32.9 Å². The second-order valence-corrected chi connectivity index (χ2v) is 5.31. The second-order valence-electron chi connectivity index (χ2n) is 4.03. The third-order valence-electron chi connectivity index (χ3n) is 2.68. The molecule has 2 N–H and O–H groups in total. The quantitative estimate of drug-likeness (QED) is 0.801. The Morgan fingerprint density at radius 3 is 2.86 bits per heavy atom. The van der Waals surface area contributed by atoms with Gasteiger partial charge in [-0.2, -0.15) is 0 Å². The van der Waals surface area contributed by atoms with Crippen molar-refractivity contribution in [1.82, 2.24) is 9.88 Å². The van der Waals surface area contributed by atoms with Crippen LogP contribution in [0.4, 0.5) is 0 Å². The van der Waals surface area contributed by atoms with E-state index in [2.05, 4.69) is 23.7 Å². The van der Waals surface area contributed by atoms with Crippen LogP contribution in [0, 0.1) is 13.8 Å². The van der Waals surface area contributed by atoms with Crippen molar-refractivity contribution >= 4 is 11.3 Å². The van der Waals surface area contributed by atoms with Crippen LogP contribution in [0.1, 0.15) is 22.0 Å². The van der Waals surface area contributed by atoms with E-state index >= 15 is 0 Å². The van der Waals surface area contributed by atoms with E-state index in [9.17, 15) is 0 Å². The van der Waals surface area contributed by atoms with Crippen LogP contribution in [-0.2, 0) is 6.54 Å². The van der Waals surface area contributed by atoms with Gasteiger partial charge in [0.2, 0.25) is 0 Å². The first-order valence-electron chi connectivity index (χ1n) is 5.06. The molecule has 14 heavy (non-hydrogen) atoms. The molecule has 2 rings (SSSR count). The Morgan fingerprint density at radius 2 is 2.36 bits per heavy atom. The molecule has 1 aromatic heterocycles. The summed E-state index contributed by atoms with van der Waals surface area (Å²) in [5.74, 6) is 0. The summed E-state index contributed by atoms with van der Waals surface area (Å²) in [6.07, 6.45) is 1.14. The van der Waals surface area contributed by atoms with Gasteiger partial charge in [0.25, 0.3) is 0 Å². The van der Waals surface area contributed by atoms with Crippen molar-refractivity contribution in [3.8, 4) is 0 Å². The molecule has 0 aromatic carbocycles. The number of aromatic nitrogens is 1. The first kappa shape index (κ1) is 10.1. The zero-order valence-corrected chi connectivity index (χ0v) is 9.60. The largest absolute Gasteiger partial charge is 0.326 e. The molecule has 0 radical (unpaired) electrons. The number of nitrogens with zero attached hydrogens (tertiary/aromatic N) is 2. The number of likely N-dealkylation sites (tertiary alicyclic amines) is 1. The van der Waals surface area contributed by atoms with Gasteiger partial charge >= 0.3 is 0 Å². The highest BCUT2D eigenvalue weighted by Gasteiger charge is 2.20. The Balaban J connectivity index is 2.00. The van der Waals surface area contributed by atoms with Crippen LogP contribution >= 0.6 is 11.3 Å². The lowest BCUT2D eigenvalue weighted by Crippen LogP contribution is -2.26. The summed E-state index contributed by atoms with van der Waals surface area (Å²) in [6, 6.07) is 0.379. The molecule has 1 aromatic rings. The Bertz CT molecular complexity index is 321. The summed E-state index contributed by atoms with van der Waals surface area (Å²) < 4.78 is 0. The molecule has 0 saturated carbocycles. The summed E-state index contributed by atoms with van der Waals surface area (Å²) in [7, 11) is 0. The summed E-state index contributed by atoms with van der Waals surface area (Å²) in [6.45, 7) is 7.37. The zero-order chi connectivity index (χ0) is 10.1. The van der Waals surface area contributed by atoms with Crippen LogP contribution in [0.25, 0.3) is 0 Å². The summed E-state index contributed by atoms with van der Waals surface area (Å²) in [5.41, 5.74) is 7.06. The van der Waals surface area contributed by atoms with Crippen LogP contribution in [0.3, 0.4) is 0 Å². The molecule has 1 atom stereocenters. The fourth-order valence-corrected chi connectivity index (χ4v) is 2.91. The third-order valence-corrected chi connectivity index (χ3v) is 3.73. The minimum absolute atomic E-state index is 0.379. The second kappa shape index (κ2) is 3.96. The van der Waals surface area contributed by atoms with Crippen molar-refractivity contribution in [3.05, 3.63) is 15.6 Å². The van der Waals surface area contributed by atoms with Crippen molar-refractivity contribution in [1.29, 1.82) is 0 Å². The highest BCUT2D eigenvalue weighted by atomic mass is 32.1. The van der Waals surface area contributed by atoms with E-state index in [1.807, 2.05) is 11.3 Å². The number of thiazole rings is 1. The smallest absolute Gasteiger partial charge is 0.0900 e. The molecule has 0 aliphatic carbocycles. The molecule has 0 spiro atoms. The van der Waals surface area contributed by atoms with Gasteiger partial charge in [0.1, 0.15) is 0 Å². The van der Waals surface area contributed by atoms with E-state index in [0.29, 0.717) is 6.04 Å². The van der Waals surface area contributed by atoms with Gasteiger partial charge in [-0.25, -0.2) is 4.98 Å². The highest BCUT2D eigenvalue weighted by molar-refractivity contribution is 7.11. The Kier molecular flexibility index (Phi) is 2.85. The van der Waals surface area contributed by atoms with Crippen LogP contribution in [0.2, 0.25) is 0 Å². The average molecular weight is 211 g/mol. The standard InChI is InChI=1S/C10H17N3S/c1-7-10(14-8(2)12-7)6-13-4-3-9(11)5-13/h9H,3-6,11H2,1-2H3/t9-/m0/s1. The first-order chi connectivity index (χ1) is 6.65. The average Bonchev–Trinajstić information content (AvgIpc) is 2.61. The van der Waals surface area contributed by atoms with Gasteiger partial charge < -0.3 is 5.73 Å². The predicted molar refractivity (Wildman–Crippen MR) is 59.5 cm³/mol. The van der Waals surface area contributed by atoms with Gasteiger partial charge in [0, 0.05) is 30.6 Å². The summed E-state index contributed by atoms with van der Waals surface area (Å²) >= 11 is 1.81. The van der Waals surface area contributed by atoms with Gasteiger partial charge in [-0.1, -0.05) is 0 Å². The highest BCUT2D eigenvalue weighted by Crippen LogP contribution is 2.21. The molecular formula is C10H17N3S. The van der Waals surface area contributed by atoms with Crippen molar-refractivity contribution in [2.24, 2.45) is 5.73 Å². The van der Waals surface area contributed by atoms with Gasteiger partial charge in [0.05, 0.1) is 10.7 Å². The lowest BCUT2D eigenvalue weighted by molar-refractivity contribution is 0.329. The zero-order valence-electron chi connectivity index (χ0n) is 8.79. The van der Waals surface area contributed by atoms with Crippen LogP contribution < -0.4 is 5.73 Å². The van der Waals surface area contributed by atoms with Gasteiger partial charge in [-0.15, -0.1) is 11.3 Å². The van der Waals surface area contributed by atoms with Crippen LogP contribution in [0.5, 0.6) is 0 Å². The Hall–Kier alpha value is -0.450. The summed E-state index contributed by atoms with van der Waals surface area (Å²) in [5, 5.41) is 1.17. The molecule has 2 heterocycles. The molecule has 0 amide bonds. The van der Waals surface area contributed by atoms with E-state index in [1.165, 1.54) is 15.6 Å². The molecule has 1 aliphatic rings. The van der Waals surface area contributed by atoms with Crippen LogP contribution in [0.15, 0.2) is 0 Å². The number of aryl methyl sites for hydroxylation is 2.